The molecule has 0 radical (unpaired) electrons. The third kappa shape index (κ3) is 4.76. The summed E-state index contributed by atoms with van der Waals surface area (Å²) in [5.41, 5.74) is 1.02. The smallest absolute Gasteiger partial charge is 0.252 e. The molecular weight excluding hydrogens is 326 g/mol. The van der Waals surface area contributed by atoms with Crippen LogP contribution in [-0.4, -0.2) is 44.3 Å². The van der Waals surface area contributed by atoms with Gasteiger partial charge in [0.1, 0.15) is 23.5 Å². The van der Waals surface area contributed by atoms with E-state index in [1.165, 1.54) is 13.1 Å². The molecule has 0 aliphatic carbocycles. The number of ether oxygens (including phenoxy) is 1. The van der Waals surface area contributed by atoms with Crippen LogP contribution >= 0.6 is 0 Å². The molecule has 10 nitrogen and oxygen atoms in total. The Morgan fingerprint density at radius 1 is 1.52 bits per heavy atom. The lowest BCUT2D eigenvalue weighted by atomic mass is 10.2. The van der Waals surface area contributed by atoms with Crippen LogP contribution in [0.4, 0.5) is 11.4 Å². The number of anilines is 2. The van der Waals surface area contributed by atoms with Crippen LogP contribution in [0.3, 0.4) is 0 Å². The molecular formula is C15H17N7O3. The third-order valence-corrected chi connectivity index (χ3v) is 3.02. The summed E-state index contributed by atoms with van der Waals surface area (Å²) in [4.78, 5) is 11.7. The van der Waals surface area contributed by atoms with Gasteiger partial charge in [-0.2, -0.15) is 10.5 Å². The van der Waals surface area contributed by atoms with Crippen LogP contribution in [0.1, 0.15) is 19.7 Å². The number of hydrogen-bond acceptors (Lipinski definition) is 8. The van der Waals surface area contributed by atoms with Crippen LogP contribution in [0.15, 0.2) is 24.4 Å². The number of aliphatic hydroxyl groups excluding tert-OH is 1. The maximum Gasteiger partial charge on any atom is 0.252 e. The summed E-state index contributed by atoms with van der Waals surface area (Å²) < 4.78 is 5.43. The Kier molecular flexibility index (Phi) is 6.02. The first-order chi connectivity index (χ1) is 12.0. The number of amides is 1. The molecule has 1 amide bonds. The predicted octanol–water partition coefficient (Wildman–Crippen LogP) is 0.894. The minimum atomic E-state index is -1.16. The summed E-state index contributed by atoms with van der Waals surface area (Å²) in [6.45, 7) is 3.68. The topological polar surface area (TPSA) is 149 Å². The van der Waals surface area contributed by atoms with E-state index in [2.05, 4.69) is 31.3 Å². The molecule has 10 heteroatoms. The SMILES string of the molecule is CCOc1ccc(NC(=O)C(C)O)c(NC=C(C#N)c2nn[nH]n2)c1. The summed E-state index contributed by atoms with van der Waals surface area (Å²) in [5, 5.41) is 37.2. The number of nitrogens with one attached hydrogen (secondary N) is 3. The molecule has 0 saturated heterocycles. The van der Waals surface area contributed by atoms with Crippen molar-refractivity contribution < 1.29 is 14.6 Å². The highest BCUT2D eigenvalue weighted by molar-refractivity contribution is 5.97. The van der Waals surface area contributed by atoms with Gasteiger partial charge in [-0.1, -0.05) is 0 Å². The Morgan fingerprint density at radius 3 is 2.92 bits per heavy atom. The fraction of sp³-hybridized carbons (Fsp3) is 0.267. The second-order valence-corrected chi connectivity index (χ2v) is 4.86. The van der Waals surface area contributed by atoms with Gasteiger partial charge in [-0.3, -0.25) is 4.79 Å². The van der Waals surface area contributed by atoms with Crippen LogP contribution in [0.2, 0.25) is 0 Å². The number of H-pyrrole nitrogens is 1. The van der Waals surface area contributed by atoms with E-state index in [-0.39, 0.29) is 11.4 Å². The van der Waals surface area contributed by atoms with Gasteiger partial charge in [0.2, 0.25) is 5.82 Å². The van der Waals surface area contributed by atoms with Crippen molar-refractivity contribution in [1.29, 1.82) is 5.26 Å². The largest absolute Gasteiger partial charge is 0.494 e. The zero-order valence-electron chi connectivity index (χ0n) is 13.6. The fourth-order valence-electron chi connectivity index (χ4n) is 1.82. The van der Waals surface area contributed by atoms with Crippen molar-refractivity contribution in [2.75, 3.05) is 17.2 Å². The van der Waals surface area contributed by atoms with Gasteiger partial charge in [0.15, 0.2) is 0 Å². The summed E-state index contributed by atoms with van der Waals surface area (Å²) in [6, 6.07) is 6.91. The van der Waals surface area contributed by atoms with Gasteiger partial charge in [0, 0.05) is 12.3 Å². The number of nitrogens with zero attached hydrogens (tertiary/aromatic N) is 4. The van der Waals surface area contributed by atoms with E-state index in [0.717, 1.165) is 0 Å². The number of carbonyl (C=O) groups is 1. The van der Waals surface area contributed by atoms with Crippen molar-refractivity contribution in [2.24, 2.45) is 0 Å². The molecule has 0 fully saturated rings. The molecule has 0 aliphatic heterocycles. The Balaban J connectivity index is 2.30. The highest BCUT2D eigenvalue weighted by atomic mass is 16.5. The van der Waals surface area contributed by atoms with E-state index >= 15 is 0 Å². The molecule has 0 aliphatic rings. The van der Waals surface area contributed by atoms with Crippen molar-refractivity contribution in [3.8, 4) is 11.8 Å². The standard InChI is InChI=1S/C15H17N7O3/c1-3-25-11-4-5-12(18-15(24)9(2)23)13(6-11)17-8-10(7-16)14-19-21-22-20-14/h4-6,8-9,17,23H,3H2,1-2H3,(H,18,24)(H,19,20,21,22). The third-order valence-electron chi connectivity index (χ3n) is 3.02. The van der Waals surface area contributed by atoms with E-state index < -0.39 is 12.0 Å². The van der Waals surface area contributed by atoms with Gasteiger partial charge in [0.25, 0.3) is 5.91 Å². The van der Waals surface area contributed by atoms with Crippen molar-refractivity contribution in [3.05, 3.63) is 30.2 Å². The van der Waals surface area contributed by atoms with Crippen molar-refractivity contribution >= 4 is 22.9 Å². The van der Waals surface area contributed by atoms with Gasteiger partial charge < -0.3 is 20.5 Å². The van der Waals surface area contributed by atoms with E-state index in [1.54, 1.807) is 18.2 Å². The highest BCUT2D eigenvalue weighted by Gasteiger charge is 2.13. The van der Waals surface area contributed by atoms with Gasteiger partial charge in [0.05, 0.1) is 18.0 Å². The first-order valence-corrected chi connectivity index (χ1v) is 7.41. The van der Waals surface area contributed by atoms with Crippen LogP contribution in [0.5, 0.6) is 5.75 Å². The lowest BCUT2D eigenvalue weighted by Gasteiger charge is -2.14. The van der Waals surface area contributed by atoms with Crippen molar-refractivity contribution in [2.45, 2.75) is 20.0 Å². The number of rotatable bonds is 7. The molecule has 4 N–H and O–H groups in total. The van der Waals surface area contributed by atoms with E-state index in [9.17, 15) is 15.2 Å². The molecule has 0 saturated carbocycles. The lowest BCUT2D eigenvalue weighted by molar-refractivity contribution is -0.123. The van der Waals surface area contributed by atoms with Gasteiger partial charge in [-0.05, 0) is 31.2 Å². The first kappa shape index (κ1) is 17.9. The van der Waals surface area contributed by atoms with Crippen LogP contribution in [0.25, 0.3) is 5.57 Å². The average molecular weight is 343 g/mol. The number of aliphatic hydroxyl groups is 1. The molecule has 1 atom stereocenters. The molecule has 2 rings (SSSR count). The maximum absolute atomic E-state index is 11.7. The van der Waals surface area contributed by atoms with E-state index in [0.29, 0.717) is 23.7 Å². The summed E-state index contributed by atoms with van der Waals surface area (Å²) >= 11 is 0. The molecule has 1 heterocycles. The highest BCUT2D eigenvalue weighted by Crippen LogP contribution is 2.28. The molecule has 130 valence electrons. The Bertz CT molecular complexity index is 794. The average Bonchev–Trinajstić information content (AvgIpc) is 3.12. The molecule has 1 aromatic heterocycles. The second kappa shape index (κ2) is 8.42. The molecule has 25 heavy (non-hydrogen) atoms. The lowest BCUT2D eigenvalue weighted by Crippen LogP contribution is -2.24. The van der Waals surface area contributed by atoms with Gasteiger partial charge in [-0.25, -0.2) is 0 Å². The van der Waals surface area contributed by atoms with Crippen LogP contribution in [-0.2, 0) is 4.79 Å². The van der Waals surface area contributed by atoms with Crippen molar-refractivity contribution in [1.82, 2.24) is 20.6 Å². The van der Waals surface area contributed by atoms with Crippen LogP contribution in [0, 0.1) is 11.3 Å². The normalized spacial score (nSPS) is 12.2. The number of carbonyl (C=O) groups excluding carboxylic acids is 1. The zero-order chi connectivity index (χ0) is 18.2. The number of hydrogen-bond donors (Lipinski definition) is 4. The number of benzene rings is 1. The Labute approximate surface area is 143 Å². The number of nitriles is 1. The zero-order valence-corrected chi connectivity index (χ0v) is 13.6. The van der Waals surface area contributed by atoms with Crippen molar-refractivity contribution in [3.63, 3.8) is 0 Å². The molecule has 1 aromatic carbocycles. The second-order valence-electron chi connectivity index (χ2n) is 4.86. The fourth-order valence-corrected chi connectivity index (χ4v) is 1.82. The predicted molar refractivity (Wildman–Crippen MR) is 89.3 cm³/mol. The summed E-state index contributed by atoms with van der Waals surface area (Å²) in [7, 11) is 0. The summed E-state index contributed by atoms with van der Waals surface area (Å²) in [5.74, 6) is 0.145. The summed E-state index contributed by atoms with van der Waals surface area (Å²) in [6.07, 6.45) is 0.220. The molecule has 0 spiro atoms. The number of aromatic amines is 1. The molecule has 2 aromatic rings. The van der Waals surface area contributed by atoms with Gasteiger partial charge >= 0.3 is 0 Å². The minimum absolute atomic E-state index is 0.130. The van der Waals surface area contributed by atoms with E-state index in [1.807, 2.05) is 13.0 Å². The van der Waals surface area contributed by atoms with Crippen LogP contribution < -0.4 is 15.4 Å². The Morgan fingerprint density at radius 2 is 2.32 bits per heavy atom. The molecule has 0 bridgehead atoms. The van der Waals surface area contributed by atoms with Gasteiger partial charge in [-0.15, -0.1) is 10.2 Å². The first-order valence-electron chi connectivity index (χ1n) is 7.41. The quantitative estimate of drug-likeness (QED) is 0.542. The minimum Gasteiger partial charge on any atom is -0.494 e. The van der Waals surface area contributed by atoms with E-state index in [4.69, 9.17) is 4.74 Å². The number of tetrazole rings is 1. The Hall–Kier alpha value is -3.45. The monoisotopic (exact) mass is 343 g/mol. The number of allylic oxidation sites excluding steroid dienone is 1. The maximum atomic E-state index is 11.7. The molecule has 1 unspecified atom stereocenters. The number of aromatic nitrogens is 4.